The smallest absolute Gasteiger partial charge is 0.220 e. The van der Waals surface area contributed by atoms with Gasteiger partial charge in [0.25, 0.3) is 0 Å². The molecule has 0 aromatic carbocycles. The van der Waals surface area contributed by atoms with Crippen LogP contribution in [0.4, 0.5) is 0 Å². The van der Waals surface area contributed by atoms with Crippen LogP contribution in [-0.4, -0.2) is 12.5 Å². The van der Waals surface area contributed by atoms with Gasteiger partial charge in [-0.05, 0) is 30.6 Å². The topological polar surface area (TPSA) is 29.1 Å². The largest absolute Gasteiger partial charge is 0.356 e. The van der Waals surface area contributed by atoms with Gasteiger partial charge in [-0.3, -0.25) is 4.79 Å². The molecule has 2 aliphatic rings. The van der Waals surface area contributed by atoms with E-state index < -0.39 is 0 Å². The van der Waals surface area contributed by atoms with Crippen LogP contribution in [0.1, 0.15) is 51.9 Å². The van der Waals surface area contributed by atoms with Gasteiger partial charge in [-0.1, -0.05) is 26.2 Å². The molecule has 2 heteroatoms. The maximum Gasteiger partial charge on any atom is 0.220 e. The second-order valence-electron chi connectivity index (χ2n) is 4.99. The molecule has 2 rings (SSSR count). The third-order valence-corrected chi connectivity index (χ3v) is 4.32. The molecule has 1 saturated carbocycles. The molecule has 1 saturated heterocycles. The average molecular weight is 195 g/mol. The van der Waals surface area contributed by atoms with Crippen molar-refractivity contribution in [3.05, 3.63) is 0 Å². The summed E-state index contributed by atoms with van der Waals surface area (Å²) in [7, 11) is 0. The highest BCUT2D eigenvalue weighted by molar-refractivity contribution is 5.76. The second kappa shape index (κ2) is 3.92. The van der Waals surface area contributed by atoms with Crippen molar-refractivity contribution < 1.29 is 4.79 Å². The summed E-state index contributed by atoms with van der Waals surface area (Å²) in [6.45, 7) is 3.25. The first-order valence-corrected chi connectivity index (χ1v) is 6.03. The molecule has 1 spiro atoms. The van der Waals surface area contributed by atoms with Crippen molar-refractivity contribution >= 4 is 5.91 Å². The Bertz CT molecular complexity index is 214. The summed E-state index contributed by atoms with van der Waals surface area (Å²) < 4.78 is 0. The number of nitrogens with one attached hydrogen (secondary N) is 1. The van der Waals surface area contributed by atoms with Crippen LogP contribution >= 0.6 is 0 Å². The van der Waals surface area contributed by atoms with E-state index >= 15 is 0 Å². The minimum atomic E-state index is 0.260. The monoisotopic (exact) mass is 195 g/mol. The normalized spacial score (nSPS) is 38.4. The molecule has 0 radical (unpaired) electrons. The van der Waals surface area contributed by atoms with Crippen molar-refractivity contribution in [2.45, 2.75) is 51.9 Å². The van der Waals surface area contributed by atoms with Crippen molar-refractivity contribution in [3.8, 4) is 0 Å². The van der Waals surface area contributed by atoms with Crippen LogP contribution < -0.4 is 5.32 Å². The molecule has 80 valence electrons. The summed E-state index contributed by atoms with van der Waals surface area (Å²) in [5.41, 5.74) is 0.473. The zero-order valence-corrected chi connectivity index (χ0v) is 9.14. The lowest BCUT2D eigenvalue weighted by atomic mass is 9.62. The van der Waals surface area contributed by atoms with Crippen LogP contribution in [-0.2, 0) is 4.79 Å². The van der Waals surface area contributed by atoms with Crippen LogP contribution in [0, 0.1) is 11.3 Å². The maximum absolute atomic E-state index is 11.2. The van der Waals surface area contributed by atoms with Crippen molar-refractivity contribution in [1.82, 2.24) is 5.32 Å². The molecule has 1 N–H and O–H groups in total. The fourth-order valence-electron chi connectivity index (χ4n) is 3.39. The fraction of sp³-hybridized carbons (Fsp3) is 0.917. The minimum Gasteiger partial charge on any atom is -0.356 e. The lowest BCUT2D eigenvalue weighted by molar-refractivity contribution is -0.126. The van der Waals surface area contributed by atoms with E-state index in [1.807, 2.05) is 0 Å². The molecular formula is C12H21NO. The summed E-state index contributed by atoms with van der Waals surface area (Å²) in [6, 6.07) is 0. The minimum absolute atomic E-state index is 0.260. The Morgan fingerprint density at radius 2 is 2.29 bits per heavy atom. The van der Waals surface area contributed by atoms with Crippen LogP contribution in [0.3, 0.4) is 0 Å². The van der Waals surface area contributed by atoms with Gasteiger partial charge in [-0.2, -0.15) is 0 Å². The maximum atomic E-state index is 11.2. The number of piperidine rings is 1. The van der Waals surface area contributed by atoms with Crippen LogP contribution in [0.15, 0.2) is 0 Å². The van der Waals surface area contributed by atoms with E-state index in [1.54, 1.807) is 0 Å². The third-order valence-electron chi connectivity index (χ3n) is 4.32. The van der Waals surface area contributed by atoms with Gasteiger partial charge in [0.1, 0.15) is 0 Å². The predicted molar refractivity (Wildman–Crippen MR) is 56.9 cm³/mol. The summed E-state index contributed by atoms with van der Waals surface area (Å²) in [4.78, 5) is 11.2. The van der Waals surface area contributed by atoms with Crippen LogP contribution in [0.5, 0.6) is 0 Å². The van der Waals surface area contributed by atoms with E-state index in [9.17, 15) is 4.79 Å². The molecule has 2 nitrogen and oxygen atoms in total. The molecule has 2 unspecified atom stereocenters. The standard InChI is InChI=1S/C12H21NO/c1-2-10-5-3-4-7-12(10)8-6-11(14)13-9-12/h10H,2-9H2,1H3,(H,13,14). The molecule has 2 atom stereocenters. The quantitative estimate of drug-likeness (QED) is 0.684. The molecular weight excluding hydrogens is 174 g/mol. The van der Waals surface area contributed by atoms with Gasteiger partial charge in [0.2, 0.25) is 5.91 Å². The van der Waals surface area contributed by atoms with Crippen molar-refractivity contribution in [2.75, 3.05) is 6.54 Å². The molecule has 14 heavy (non-hydrogen) atoms. The lowest BCUT2D eigenvalue weighted by Gasteiger charge is -2.46. The summed E-state index contributed by atoms with van der Waals surface area (Å²) in [5.74, 6) is 1.12. The number of rotatable bonds is 1. The van der Waals surface area contributed by atoms with Gasteiger partial charge in [0, 0.05) is 13.0 Å². The summed E-state index contributed by atoms with van der Waals surface area (Å²) in [6.07, 6.45) is 8.67. The highest BCUT2D eigenvalue weighted by atomic mass is 16.1. The van der Waals surface area contributed by atoms with E-state index in [1.165, 1.54) is 32.1 Å². The summed E-state index contributed by atoms with van der Waals surface area (Å²) in [5, 5.41) is 3.07. The number of amides is 1. The van der Waals surface area contributed by atoms with Crippen molar-refractivity contribution in [2.24, 2.45) is 11.3 Å². The number of carbonyl (C=O) groups excluding carboxylic acids is 1. The van der Waals surface area contributed by atoms with Gasteiger partial charge in [0.15, 0.2) is 0 Å². The molecule has 1 aliphatic carbocycles. The van der Waals surface area contributed by atoms with E-state index in [0.29, 0.717) is 5.41 Å². The molecule has 1 aliphatic heterocycles. The first-order chi connectivity index (χ1) is 6.77. The Morgan fingerprint density at radius 3 is 2.93 bits per heavy atom. The predicted octanol–water partition coefficient (Wildman–Crippen LogP) is 2.48. The molecule has 2 fully saturated rings. The average Bonchev–Trinajstić information content (AvgIpc) is 2.23. The van der Waals surface area contributed by atoms with Gasteiger partial charge in [-0.25, -0.2) is 0 Å². The number of hydrogen-bond donors (Lipinski definition) is 1. The molecule has 0 bridgehead atoms. The van der Waals surface area contributed by atoms with Crippen LogP contribution in [0.25, 0.3) is 0 Å². The Balaban J connectivity index is 2.07. The number of hydrogen-bond acceptors (Lipinski definition) is 1. The van der Waals surface area contributed by atoms with Crippen molar-refractivity contribution in [3.63, 3.8) is 0 Å². The van der Waals surface area contributed by atoms with Gasteiger partial charge >= 0.3 is 0 Å². The molecule has 0 aromatic heterocycles. The fourth-order valence-corrected chi connectivity index (χ4v) is 3.39. The Labute approximate surface area is 86.5 Å². The van der Waals surface area contributed by atoms with E-state index in [4.69, 9.17) is 0 Å². The SMILES string of the molecule is CCC1CCCCC12CCC(=O)NC2. The highest BCUT2D eigenvalue weighted by Gasteiger charge is 2.41. The zero-order chi connectivity index (χ0) is 10.0. The zero-order valence-electron chi connectivity index (χ0n) is 9.14. The summed E-state index contributed by atoms with van der Waals surface area (Å²) >= 11 is 0. The van der Waals surface area contributed by atoms with E-state index in [2.05, 4.69) is 12.2 Å². The van der Waals surface area contributed by atoms with E-state index in [0.717, 1.165) is 25.3 Å². The lowest BCUT2D eigenvalue weighted by Crippen LogP contribution is -2.48. The molecule has 0 aromatic rings. The van der Waals surface area contributed by atoms with Gasteiger partial charge in [-0.15, -0.1) is 0 Å². The third kappa shape index (κ3) is 1.67. The van der Waals surface area contributed by atoms with E-state index in [-0.39, 0.29) is 5.91 Å². The van der Waals surface area contributed by atoms with Crippen molar-refractivity contribution in [1.29, 1.82) is 0 Å². The van der Waals surface area contributed by atoms with Crippen LogP contribution in [0.2, 0.25) is 0 Å². The molecule has 1 amide bonds. The Hall–Kier alpha value is -0.530. The second-order valence-corrected chi connectivity index (χ2v) is 4.99. The Morgan fingerprint density at radius 1 is 1.43 bits per heavy atom. The highest BCUT2D eigenvalue weighted by Crippen LogP contribution is 2.47. The molecule has 1 heterocycles. The Kier molecular flexibility index (Phi) is 2.80. The van der Waals surface area contributed by atoms with Gasteiger partial charge in [0.05, 0.1) is 0 Å². The first-order valence-electron chi connectivity index (χ1n) is 6.03. The number of carbonyl (C=O) groups is 1. The first kappa shape index (κ1) is 10.0. The van der Waals surface area contributed by atoms with Gasteiger partial charge < -0.3 is 5.32 Å².